The number of aliphatic hydroxyl groups excluding tert-OH is 2. The summed E-state index contributed by atoms with van der Waals surface area (Å²) >= 11 is 0. The van der Waals surface area contributed by atoms with Crippen LogP contribution in [-0.4, -0.2) is 87.5 Å². The van der Waals surface area contributed by atoms with Crippen molar-refractivity contribution in [1.29, 1.82) is 0 Å². The number of hydrogen-bond donors (Lipinski definition) is 3. The number of aliphatic hydroxyl groups is 3. The zero-order valence-electron chi connectivity index (χ0n) is 25.2. The number of esters is 3. The van der Waals surface area contributed by atoms with E-state index in [0.717, 1.165) is 7.11 Å². The van der Waals surface area contributed by atoms with E-state index in [9.17, 15) is 29.7 Å². The van der Waals surface area contributed by atoms with Gasteiger partial charge in [-0.15, -0.1) is 0 Å². The van der Waals surface area contributed by atoms with Crippen molar-refractivity contribution in [3.05, 3.63) is 35.8 Å². The van der Waals surface area contributed by atoms with E-state index in [0.29, 0.717) is 11.1 Å². The maximum absolute atomic E-state index is 13.4. The number of fused-ring (bicyclic) bond motifs is 4. The molecule has 3 N–H and O–H groups in total. The molecule has 13 heteroatoms. The lowest BCUT2D eigenvalue weighted by Crippen LogP contribution is -2.88. The Morgan fingerprint density at radius 3 is 2.52 bits per heavy atom. The number of hydrogen-bond acceptors (Lipinski definition) is 13. The Hall–Kier alpha value is -2.81. The normalized spacial score (nSPS) is 54.7. The van der Waals surface area contributed by atoms with Crippen molar-refractivity contribution in [2.45, 2.75) is 101 Å². The smallest absolute Gasteiger partial charge is 0.335 e. The Kier molecular flexibility index (Phi) is 5.17. The van der Waals surface area contributed by atoms with Gasteiger partial charge in [-0.1, -0.05) is 13.8 Å². The van der Waals surface area contributed by atoms with Gasteiger partial charge in [0.05, 0.1) is 42.7 Å². The molecule has 0 amide bonds. The molecule has 2 saturated heterocycles. The summed E-state index contributed by atoms with van der Waals surface area (Å²) < 4.78 is 42.3. The van der Waals surface area contributed by atoms with Gasteiger partial charge in [0.25, 0.3) is 5.97 Å². The third-order valence-corrected chi connectivity index (χ3v) is 12.7. The molecule has 1 aromatic rings. The van der Waals surface area contributed by atoms with Gasteiger partial charge in [0.15, 0.2) is 11.7 Å². The molecule has 7 aliphatic rings. The van der Waals surface area contributed by atoms with E-state index in [1.165, 1.54) is 25.5 Å². The van der Waals surface area contributed by atoms with Gasteiger partial charge in [0.2, 0.25) is 0 Å². The van der Waals surface area contributed by atoms with E-state index in [2.05, 4.69) is 0 Å². The highest BCUT2D eigenvalue weighted by molar-refractivity contribution is 5.86. The standard InChI is InChI=1S/C31H36O13/c1-13(32)40-22-18-23-31-15-9-17(34)41-21(14-7-8-39-11-14)26(15,3)16(33)10-30(31,43-28(5,42-23)44-31)27(4)20(19(35)24(36)38-6)25(22,2)12-29(18,27)37/h7-9,11,16,18-23,33,35,37H,10,12H2,1-6H3. The fraction of sp³-hybridized carbons (Fsp3) is 0.710. The lowest BCUT2D eigenvalue weighted by molar-refractivity contribution is -0.419. The number of rotatable bonds is 4. The van der Waals surface area contributed by atoms with Crippen molar-refractivity contribution < 1.29 is 62.5 Å². The van der Waals surface area contributed by atoms with Crippen molar-refractivity contribution in [3.63, 3.8) is 0 Å². The van der Waals surface area contributed by atoms with E-state index < -0.39 is 99.3 Å². The summed E-state index contributed by atoms with van der Waals surface area (Å²) in [5.74, 6) is -6.03. The van der Waals surface area contributed by atoms with Gasteiger partial charge in [-0.25, -0.2) is 9.59 Å². The van der Waals surface area contributed by atoms with Gasteiger partial charge >= 0.3 is 17.9 Å². The quantitative estimate of drug-likeness (QED) is 0.323. The predicted octanol–water partition coefficient (Wildman–Crippen LogP) is 1.04. The van der Waals surface area contributed by atoms with Crippen molar-refractivity contribution in [1.82, 2.24) is 0 Å². The molecule has 4 aliphatic carbocycles. The second-order valence-corrected chi connectivity index (χ2v) is 14.4. The van der Waals surface area contributed by atoms with E-state index in [1.54, 1.807) is 33.8 Å². The zero-order chi connectivity index (χ0) is 31.6. The average molecular weight is 617 g/mol. The van der Waals surface area contributed by atoms with E-state index in [4.69, 9.17) is 32.8 Å². The van der Waals surface area contributed by atoms with Crippen LogP contribution in [0.5, 0.6) is 0 Å². The molecule has 4 heterocycles. The topological polar surface area (TPSA) is 180 Å². The Morgan fingerprint density at radius 2 is 1.89 bits per heavy atom. The highest BCUT2D eigenvalue weighted by Crippen LogP contribution is 2.87. The van der Waals surface area contributed by atoms with Gasteiger partial charge in [0, 0.05) is 48.7 Å². The van der Waals surface area contributed by atoms with Gasteiger partial charge < -0.3 is 48.2 Å². The molecule has 13 nitrogen and oxygen atoms in total. The third kappa shape index (κ3) is 2.64. The number of carbonyl (C=O) groups excluding carboxylic acids is 3. The maximum atomic E-state index is 13.4. The summed E-state index contributed by atoms with van der Waals surface area (Å²) in [7, 11) is 1.15. The molecule has 3 aliphatic heterocycles. The van der Waals surface area contributed by atoms with Gasteiger partial charge in [-0.3, -0.25) is 4.79 Å². The minimum atomic E-state index is -1.78. The van der Waals surface area contributed by atoms with Crippen LogP contribution in [0.2, 0.25) is 0 Å². The molecule has 4 saturated carbocycles. The molecule has 238 valence electrons. The summed E-state index contributed by atoms with van der Waals surface area (Å²) in [5, 5.41) is 37.0. The molecule has 1 spiro atoms. The van der Waals surface area contributed by atoms with E-state index in [1.807, 2.05) is 0 Å². The molecule has 44 heavy (non-hydrogen) atoms. The van der Waals surface area contributed by atoms with Gasteiger partial charge in [-0.05, 0) is 25.0 Å². The first-order valence-electron chi connectivity index (χ1n) is 14.9. The lowest BCUT2D eigenvalue weighted by Gasteiger charge is -2.74. The first-order valence-corrected chi connectivity index (χ1v) is 14.9. The maximum Gasteiger partial charge on any atom is 0.335 e. The van der Waals surface area contributed by atoms with Crippen LogP contribution in [0.4, 0.5) is 0 Å². The minimum Gasteiger partial charge on any atom is -0.472 e. The van der Waals surface area contributed by atoms with Crippen molar-refractivity contribution >= 4 is 17.9 Å². The Bertz CT molecular complexity index is 1540. The average Bonchev–Trinajstić information content (AvgIpc) is 3.70. The van der Waals surface area contributed by atoms with Crippen LogP contribution < -0.4 is 0 Å². The zero-order valence-corrected chi connectivity index (χ0v) is 25.2. The lowest BCUT2D eigenvalue weighted by atomic mass is 9.35. The fourth-order valence-corrected chi connectivity index (χ4v) is 11.5. The first kappa shape index (κ1) is 28.6. The second-order valence-electron chi connectivity index (χ2n) is 14.4. The van der Waals surface area contributed by atoms with Crippen molar-refractivity contribution in [2.24, 2.45) is 28.1 Å². The largest absolute Gasteiger partial charge is 0.472 e. The molecule has 0 radical (unpaired) electrons. The SMILES string of the molecule is COC(=O)C(O)C1C2(C)CC3(O)C(C2OC(C)=O)C2OC4(C)OC25C2=CC(=O)OC(c6ccoc6)C2(C)C(O)CC5(O4)C13C. The number of furan rings is 1. The van der Waals surface area contributed by atoms with Crippen LogP contribution in [-0.2, 0) is 42.8 Å². The number of cyclic esters (lactones) is 1. The molecule has 6 fully saturated rings. The van der Waals surface area contributed by atoms with Crippen LogP contribution in [0.15, 0.2) is 34.7 Å². The van der Waals surface area contributed by atoms with Crippen molar-refractivity contribution in [3.8, 4) is 0 Å². The highest BCUT2D eigenvalue weighted by atomic mass is 16.9. The number of carbonyl (C=O) groups is 3. The second kappa shape index (κ2) is 7.94. The van der Waals surface area contributed by atoms with Gasteiger partial charge in [-0.2, -0.15) is 0 Å². The summed E-state index contributed by atoms with van der Waals surface area (Å²) in [6.45, 7) is 8.08. The molecule has 0 aromatic carbocycles. The molecular formula is C31H36O13. The van der Waals surface area contributed by atoms with Crippen LogP contribution in [0, 0.1) is 28.1 Å². The third-order valence-electron chi connectivity index (χ3n) is 12.7. The van der Waals surface area contributed by atoms with Crippen molar-refractivity contribution in [2.75, 3.05) is 7.11 Å². The number of methoxy groups -OCH3 is 1. The van der Waals surface area contributed by atoms with Crippen LogP contribution in [0.3, 0.4) is 0 Å². The monoisotopic (exact) mass is 616 g/mol. The Morgan fingerprint density at radius 1 is 1.16 bits per heavy atom. The predicted molar refractivity (Wildman–Crippen MR) is 142 cm³/mol. The Balaban J connectivity index is 1.44. The van der Waals surface area contributed by atoms with Crippen LogP contribution in [0.1, 0.15) is 59.1 Å². The molecule has 1 aromatic heterocycles. The molecule has 14 unspecified atom stereocenters. The highest BCUT2D eigenvalue weighted by Gasteiger charge is 2.99. The fourth-order valence-electron chi connectivity index (χ4n) is 11.5. The summed E-state index contributed by atoms with van der Waals surface area (Å²) in [6.07, 6.45) is -2.05. The molecule has 14 atom stereocenters. The van der Waals surface area contributed by atoms with Gasteiger partial charge in [0.1, 0.15) is 23.9 Å². The summed E-state index contributed by atoms with van der Waals surface area (Å²) in [5.41, 5.74) is -8.22. The number of ether oxygens (including phenoxy) is 6. The van der Waals surface area contributed by atoms with Crippen LogP contribution >= 0.6 is 0 Å². The Labute approximate surface area is 252 Å². The summed E-state index contributed by atoms with van der Waals surface area (Å²) in [4.78, 5) is 39.1. The molecular weight excluding hydrogens is 580 g/mol. The van der Waals surface area contributed by atoms with E-state index >= 15 is 0 Å². The minimum absolute atomic E-state index is 0.0156. The first-order chi connectivity index (χ1) is 20.5. The van der Waals surface area contributed by atoms with Crippen LogP contribution in [0.25, 0.3) is 0 Å². The molecule has 4 bridgehead atoms. The molecule has 8 rings (SSSR count). The van der Waals surface area contributed by atoms with E-state index in [-0.39, 0.29) is 12.8 Å². The summed E-state index contributed by atoms with van der Waals surface area (Å²) in [6, 6.07) is 1.65.